The van der Waals surface area contributed by atoms with Gasteiger partial charge in [-0.25, -0.2) is 0 Å². The highest BCUT2D eigenvalue weighted by Gasteiger charge is 1.89. The van der Waals surface area contributed by atoms with Gasteiger partial charge in [0.2, 0.25) is 0 Å². The molecule has 0 fully saturated rings. The molecule has 0 radical (unpaired) electrons. The Morgan fingerprint density at radius 1 is 0.833 bits per heavy atom. The van der Waals surface area contributed by atoms with Crippen molar-refractivity contribution in [2.45, 2.75) is 4.30 Å². The van der Waals surface area contributed by atoms with Gasteiger partial charge in [0.05, 0.1) is 10.0 Å². The van der Waals surface area contributed by atoms with Crippen LogP contribution in [0.15, 0.2) is 24.3 Å². The van der Waals surface area contributed by atoms with Crippen LogP contribution in [0.5, 0.6) is 0 Å². The molecule has 0 aromatic heterocycles. The highest BCUT2D eigenvalue weighted by molar-refractivity contribution is 6.63. The Hall–Kier alpha value is 0.670. The average Bonchev–Trinajstić information content (AvgIpc) is 1.94. The van der Waals surface area contributed by atoms with E-state index in [4.69, 9.17) is 58.0 Å². The zero-order valence-electron chi connectivity index (χ0n) is 5.78. The van der Waals surface area contributed by atoms with Gasteiger partial charge >= 0.3 is 0 Å². The van der Waals surface area contributed by atoms with Crippen molar-refractivity contribution < 1.29 is 0 Å². The molecule has 12 heavy (non-hydrogen) atoms. The van der Waals surface area contributed by atoms with Gasteiger partial charge in [-0.05, 0) is 12.1 Å². The summed E-state index contributed by atoms with van der Waals surface area (Å²) in [6, 6.07) is 7.19. The molecular weight excluding hydrogens is 261 g/mol. The zero-order valence-corrected chi connectivity index (χ0v) is 9.56. The highest BCUT2D eigenvalue weighted by Crippen LogP contribution is 2.19. The van der Waals surface area contributed by atoms with Crippen LogP contribution in [0.3, 0.4) is 0 Å². The zero-order chi connectivity index (χ0) is 9.56. The summed E-state index contributed by atoms with van der Waals surface area (Å²) in [4.78, 5) is 0. The monoisotopic (exact) mass is 264 g/mol. The van der Waals surface area contributed by atoms with Crippen LogP contribution in [0.25, 0.3) is 0 Å². The molecule has 0 unspecified atom stereocenters. The number of benzene rings is 1. The maximum Gasteiger partial charge on any atom is 0.180 e. The van der Waals surface area contributed by atoms with Gasteiger partial charge in [0, 0.05) is 0 Å². The molecule has 0 amide bonds. The summed E-state index contributed by atoms with van der Waals surface area (Å²) in [5, 5.41) is 1.21. The molecular formula is C7H5Cl5. The van der Waals surface area contributed by atoms with Crippen LogP contribution in [-0.2, 0) is 0 Å². The summed E-state index contributed by atoms with van der Waals surface area (Å²) >= 11 is 25.6. The van der Waals surface area contributed by atoms with Crippen molar-refractivity contribution in [3.8, 4) is 0 Å². The van der Waals surface area contributed by atoms with Gasteiger partial charge in [-0.2, -0.15) is 0 Å². The van der Waals surface area contributed by atoms with E-state index in [2.05, 4.69) is 0 Å². The van der Waals surface area contributed by atoms with Gasteiger partial charge < -0.3 is 0 Å². The largest absolute Gasteiger partial charge is 0.180 e. The van der Waals surface area contributed by atoms with Crippen LogP contribution in [0.1, 0.15) is 0 Å². The number of rotatable bonds is 0. The lowest BCUT2D eigenvalue weighted by atomic mass is 10.4. The van der Waals surface area contributed by atoms with Crippen LogP contribution in [0.2, 0.25) is 10.0 Å². The number of alkyl halides is 3. The molecule has 0 N–H and O–H groups in total. The van der Waals surface area contributed by atoms with Crippen LogP contribution < -0.4 is 0 Å². The van der Waals surface area contributed by atoms with Crippen LogP contribution >= 0.6 is 58.0 Å². The smallest absolute Gasteiger partial charge is 0.0874 e. The molecule has 0 nitrogen and oxygen atoms in total. The first-order chi connectivity index (χ1) is 5.54. The molecule has 0 bridgehead atoms. The minimum absolute atomic E-state index is 0.606. The van der Waals surface area contributed by atoms with E-state index in [-0.39, 0.29) is 0 Å². The Morgan fingerprint density at radius 3 is 1.25 bits per heavy atom. The third kappa shape index (κ3) is 7.33. The molecule has 1 aromatic rings. The lowest BCUT2D eigenvalue weighted by Gasteiger charge is -1.88. The Labute approximate surface area is 96.3 Å². The van der Waals surface area contributed by atoms with Gasteiger partial charge in [0.25, 0.3) is 0 Å². The second kappa shape index (κ2) is 7.11. The van der Waals surface area contributed by atoms with E-state index in [1.807, 2.05) is 12.1 Å². The maximum absolute atomic E-state index is 5.58. The van der Waals surface area contributed by atoms with Gasteiger partial charge in [-0.15, -0.1) is 0 Å². The molecule has 1 aromatic carbocycles. The summed E-state index contributed by atoms with van der Waals surface area (Å²) < 4.78 is -0.750. The average molecular weight is 266 g/mol. The van der Waals surface area contributed by atoms with Crippen molar-refractivity contribution in [1.82, 2.24) is 0 Å². The number of hydrogen-bond acceptors (Lipinski definition) is 0. The molecule has 5 heteroatoms. The van der Waals surface area contributed by atoms with Crippen molar-refractivity contribution in [3.05, 3.63) is 34.3 Å². The highest BCUT2D eigenvalue weighted by atomic mass is 35.6. The van der Waals surface area contributed by atoms with Crippen molar-refractivity contribution >= 4 is 58.0 Å². The molecule has 1 rings (SSSR count). The molecule has 0 heterocycles. The normalized spacial score (nSPS) is 9.17. The summed E-state index contributed by atoms with van der Waals surface area (Å²) in [5.41, 5.74) is 0. The van der Waals surface area contributed by atoms with Gasteiger partial charge in [0.15, 0.2) is 4.30 Å². The first-order valence-electron chi connectivity index (χ1n) is 2.86. The van der Waals surface area contributed by atoms with Crippen LogP contribution in [0, 0.1) is 0 Å². The first kappa shape index (κ1) is 12.7. The number of hydrogen-bond donors (Lipinski definition) is 0. The summed E-state index contributed by atoms with van der Waals surface area (Å²) in [7, 11) is 0. The van der Waals surface area contributed by atoms with E-state index in [9.17, 15) is 0 Å². The standard InChI is InChI=1S/C6H4Cl2.CHCl3/c7-5-3-1-2-4-6(5)8;2-1(3)4/h1-4H;1H. The predicted octanol–water partition coefficient (Wildman–Crippen LogP) is 4.98. The van der Waals surface area contributed by atoms with Gasteiger partial charge in [0.1, 0.15) is 0 Å². The van der Waals surface area contributed by atoms with Crippen molar-refractivity contribution in [1.29, 1.82) is 0 Å². The Balaban J connectivity index is 0.000000261. The minimum Gasteiger partial charge on any atom is -0.0874 e. The molecule has 0 spiro atoms. The van der Waals surface area contributed by atoms with Crippen molar-refractivity contribution in [2.24, 2.45) is 0 Å². The summed E-state index contributed by atoms with van der Waals surface area (Å²) in [6.07, 6.45) is 0. The van der Waals surface area contributed by atoms with E-state index in [0.717, 1.165) is 0 Å². The molecule has 0 atom stereocenters. The van der Waals surface area contributed by atoms with Crippen molar-refractivity contribution in [3.63, 3.8) is 0 Å². The molecule has 0 aliphatic carbocycles. The Bertz CT molecular complexity index is 199. The molecule has 0 aliphatic rings. The second-order valence-electron chi connectivity index (χ2n) is 1.66. The Kier molecular flexibility index (Phi) is 7.51. The summed E-state index contributed by atoms with van der Waals surface area (Å²) in [5.74, 6) is 0. The predicted molar refractivity (Wildman–Crippen MR) is 57.8 cm³/mol. The summed E-state index contributed by atoms with van der Waals surface area (Å²) in [6.45, 7) is 0. The van der Waals surface area contributed by atoms with Gasteiger partial charge in [-0.3, -0.25) is 0 Å². The quantitative estimate of drug-likeness (QED) is 0.581. The molecule has 0 aliphatic heterocycles. The molecule has 0 saturated carbocycles. The van der Waals surface area contributed by atoms with E-state index < -0.39 is 4.30 Å². The van der Waals surface area contributed by atoms with Crippen LogP contribution in [0.4, 0.5) is 0 Å². The minimum atomic E-state index is -0.750. The SMILES string of the molecule is ClC(Cl)Cl.Clc1ccccc1Cl. The first-order valence-corrected chi connectivity index (χ1v) is 4.93. The van der Waals surface area contributed by atoms with Gasteiger partial charge in [-0.1, -0.05) is 70.1 Å². The van der Waals surface area contributed by atoms with Crippen LogP contribution in [-0.4, -0.2) is 4.30 Å². The lowest BCUT2D eigenvalue weighted by molar-refractivity contribution is 1.71. The third-order valence-electron chi connectivity index (χ3n) is 0.824. The number of halogens is 5. The Morgan fingerprint density at radius 2 is 1.08 bits per heavy atom. The lowest BCUT2D eigenvalue weighted by Crippen LogP contribution is -1.62. The van der Waals surface area contributed by atoms with E-state index in [1.165, 1.54) is 0 Å². The molecule has 0 saturated heterocycles. The maximum atomic E-state index is 5.58. The fourth-order valence-electron chi connectivity index (χ4n) is 0.439. The second-order valence-corrected chi connectivity index (χ2v) is 4.46. The fourth-order valence-corrected chi connectivity index (χ4v) is 0.711. The fraction of sp³-hybridized carbons (Fsp3) is 0.143. The topological polar surface area (TPSA) is 0 Å². The van der Waals surface area contributed by atoms with Crippen molar-refractivity contribution in [2.75, 3.05) is 0 Å². The van der Waals surface area contributed by atoms with E-state index in [1.54, 1.807) is 12.1 Å². The van der Waals surface area contributed by atoms with E-state index in [0.29, 0.717) is 10.0 Å². The molecule has 68 valence electrons. The third-order valence-corrected chi connectivity index (χ3v) is 1.58. The van der Waals surface area contributed by atoms with E-state index >= 15 is 0 Å².